The summed E-state index contributed by atoms with van der Waals surface area (Å²) in [6.07, 6.45) is 2.72. The second-order valence-electron chi connectivity index (χ2n) is 4.78. The third kappa shape index (κ3) is 2.59. The molecule has 6 nitrogen and oxygen atoms in total. The van der Waals surface area contributed by atoms with Crippen LogP contribution in [0.5, 0.6) is 0 Å². The molecule has 1 aromatic rings. The van der Waals surface area contributed by atoms with Gasteiger partial charge in [-0.25, -0.2) is 9.98 Å². The van der Waals surface area contributed by atoms with E-state index in [1.807, 2.05) is 30.3 Å². The molecule has 1 fully saturated rings. The zero-order valence-electron chi connectivity index (χ0n) is 10.9. The minimum absolute atomic E-state index is 0.0428. The Morgan fingerprint density at radius 1 is 1.35 bits per heavy atom. The van der Waals surface area contributed by atoms with Crippen molar-refractivity contribution in [3.05, 3.63) is 30.3 Å². The summed E-state index contributed by atoms with van der Waals surface area (Å²) in [5.41, 5.74) is 7.37. The summed E-state index contributed by atoms with van der Waals surface area (Å²) in [6.45, 7) is 0. The lowest BCUT2D eigenvalue weighted by molar-refractivity contribution is -0.121. The van der Waals surface area contributed by atoms with E-state index in [9.17, 15) is 4.79 Å². The standard InChI is InChI=1S/C14H15N5O/c15-13(16-9-5-2-1-3-6-9)19-14-17-11-8-4-7-10(11)12(20)18-14/h1-3,5-6,10H,4,7-8H2,(H3,15,16,18,19,20). The number of aliphatic imine (C=N–C) groups is 3. The predicted octanol–water partition coefficient (Wildman–Crippen LogP) is 1.36. The van der Waals surface area contributed by atoms with Gasteiger partial charge in [-0.1, -0.05) is 18.2 Å². The lowest BCUT2D eigenvalue weighted by atomic mass is 10.0. The molecule has 3 N–H and O–H groups in total. The van der Waals surface area contributed by atoms with Gasteiger partial charge in [0.15, 0.2) is 0 Å². The maximum absolute atomic E-state index is 11.9. The number of carbonyl (C=O) groups is 1. The van der Waals surface area contributed by atoms with Crippen LogP contribution in [0.3, 0.4) is 0 Å². The van der Waals surface area contributed by atoms with Crippen LogP contribution in [0.4, 0.5) is 5.69 Å². The van der Waals surface area contributed by atoms with E-state index < -0.39 is 0 Å². The number of amides is 1. The van der Waals surface area contributed by atoms with Gasteiger partial charge in [0.1, 0.15) is 0 Å². The highest BCUT2D eigenvalue weighted by Crippen LogP contribution is 2.25. The second-order valence-corrected chi connectivity index (χ2v) is 4.78. The van der Waals surface area contributed by atoms with Gasteiger partial charge >= 0.3 is 0 Å². The minimum atomic E-state index is -0.0822. The molecule has 1 atom stereocenters. The fourth-order valence-corrected chi connectivity index (χ4v) is 2.43. The van der Waals surface area contributed by atoms with Gasteiger partial charge in [-0.2, -0.15) is 4.99 Å². The van der Waals surface area contributed by atoms with Crippen molar-refractivity contribution in [3.8, 4) is 0 Å². The summed E-state index contributed by atoms with van der Waals surface area (Å²) < 4.78 is 0. The molecule has 1 aromatic carbocycles. The number of nitrogens with two attached hydrogens (primary N) is 1. The molecule has 20 heavy (non-hydrogen) atoms. The van der Waals surface area contributed by atoms with Crippen LogP contribution in [0.1, 0.15) is 19.3 Å². The van der Waals surface area contributed by atoms with Gasteiger partial charge in [-0.05, 0) is 31.4 Å². The number of guanidine groups is 2. The van der Waals surface area contributed by atoms with Gasteiger partial charge in [0, 0.05) is 5.71 Å². The van der Waals surface area contributed by atoms with Crippen LogP contribution in [0.2, 0.25) is 0 Å². The first-order chi connectivity index (χ1) is 9.72. The maximum Gasteiger partial charge on any atom is 0.235 e. The molecule has 1 heterocycles. The normalized spacial score (nSPS) is 24.3. The Kier molecular flexibility index (Phi) is 3.28. The largest absolute Gasteiger partial charge is 0.368 e. The van der Waals surface area contributed by atoms with Crippen molar-refractivity contribution in [2.24, 2.45) is 26.6 Å². The average molecular weight is 269 g/mol. The number of nitrogens with one attached hydrogen (secondary N) is 1. The lowest BCUT2D eigenvalue weighted by Gasteiger charge is -2.17. The van der Waals surface area contributed by atoms with Crippen molar-refractivity contribution < 1.29 is 4.79 Å². The molecular formula is C14H15N5O. The van der Waals surface area contributed by atoms with Crippen molar-refractivity contribution in [3.63, 3.8) is 0 Å². The number of fused-ring (bicyclic) bond motifs is 1. The Hall–Kier alpha value is -2.50. The molecule has 102 valence electrons. The summed E-state index contributed by atoms with van der Waals surface area (Å²) in [6, 6.07) is 9.28. The molecule has 2 aliphatic rings. The number of benzene rings is 1. The zero-order chi connectivity index (χ0) is 13.9. The van der Waals surface area contributed by atoms with Crippen molar-refractivity contribution in [1.29, 1.82) is 0 Å². The van der Waals surface area contributed by atoms with Gasteiger partial charge in [-0.15, -0.1) is 0 Å². The summed E-state index contributed by atoms with van der Waals surface area (Å²) in [5, 5.41) is 2.67. The second kappa shape index (κ2) is 5.24. The van der Waals surface area contributed by atoms with E-state index in [1.54, 1.807) is 0 Å². The maximum atomic E-state index is 11.9. The van der Waals surface area contributed by atoms with Crippen LogP contribution < -0.4 is 11.1 Å². The number of nitrogens with zero attached hydrogens (tertiary/aromatic N) is 3. The van der Waals surface area contributed by atoms with Crippen molar-refractivity contribution >= 4 is 29.2 Å². The lowest BCUT2D eigenvalue weighted by Crippen LogP contribution is -2.42. The van der Waals surface area contributed by atoms with Gasteiger partial charge < -0.3 is 5.73 Å². The van der Waals surface area contributed by atoms with Crippen molar-refractivity contribution in [1.82, 2.24) is 5.32 Å². The zero-order valence-corrected chi connectivity index (χ0v) is 10.9. The van der Waals surface area contributed by atoms with Crippen LogP contribution in [0, 0.1) is 5.92 Å². The van der Waals surface area contributed by atoms with Crippen molar-refractivity contribution in [2.45, 2.75) is 19.3 Å². The van der Waals surface area contributed by atoms with Gasteiger partial charge in [0.05, 0.1) is 11.6 Å². The SMILES string of the molecule is NC(=Nc1ccccc1)N=C1N=C2CCCC2C(=O)N1. The minimum Gasteiger partial charge on any atom is -0.368 e. The predicted molar refractivity (Wildman–Crippen MR) is 78.1 cm³/mol. The third-order valence-corrected chi connectivity index (χ3v) is 3.35. The van der Waals surface area contributed by atoms with E-state index in [0.29, 0.717) is 5.69 Å². The van der Waals surface area contributed by atoms with Crippen molar-refractivity contribution in [2.75, 3.05) is 0 Å². The van der Waals surface area contributed by atoms with Gasteiger partial charge in [-0.3, -0.25) is 10.1 Å². The fraction of sp³-hybridized carbons (Fsp3) is 0.286. The van der Waals surface area contributed by atoms with Gasteiger partial charge in [0.25, 0.3) is 0 Å². The Morgan fingerprint density at radius 2 is 2.15 bits per heavy atom. The van der Waals surface area contributed by atoms with E-state index in [1.165, 1.54) is 0 Å². The number of para-hydroxylation sites is 1. The first kappa shape index (κ1) is 12.5. The molecule has 0 bridgehead atoms. The highest BCUT2D eigenvalue weighted by molar-refractivity contribution is 6.19. The molecule has 0 spiro atoms. The Labute approximate surface area is 116 Å². The summed E-state index contributed by atoms with van der Waals surface area (Å²) in [4.78, 5) is 24.4. The molecule has 1 saturated carbocycles. The number of hydrogen-bond donors (Lipinski definition) is 2. The first-order valence-electron chi connectivity index (χ1n) is 6.58. The fourth-order valence-electron chi connectivity index (χ4n) is 2.43. The van der Waals surface area contributed by atoms with Crippen LogP contribution in [-0.2, 0) is 4.79 Å². The topological polar surface area (TPSA) is 92.2 Å². The quantitative estimate of drug-likeness (QED) is 0.595. The molecule has 3 rings (SSSR count). The number of rotatable bonds is 1. The Balaban J connectivity index is 1.84. The van der Waals surface area contributed by atoms with E-state index in [4.69, 9.17) is 5.73 Å². The van der Waals surface area contributed by atoms with Gasteiger partial charge in [0.2, 0.25) is 17.8 Å². The molecule has 0 saturated heterocycles. The molecular weight excluding hydrogens is 254 g/mol. The first-order valence-corrected chi connectivity index (χ1v) is 6.58. The van der Waals surface area contributed by atoms with Crippen LogP contribution in [0.15, 0.2) is 45.3 Å². The summed E-state index contributed by atoms with van der Waals surface area (Å²) >= 11 is 0. The molecule has 1 aliphatic heterocycles. The van der Waals surface area contributed by atoms with E-state index in [-0.39, 0.29) is 23.7 Å². The molecule has 0 radical (unpaired) electrons. The molecule has 1 unspecified atom stereocenters. The van der Waals surface area contributed by atoms with E-state index in [2.05, 4.69) is 20.3 Å². The number of hydrogen-bond acceptors (Lipinski definition) is 2. The molecule has 6 heteroatoms. The molecule has 1 amide bonds. The van der Waals surface area contributed by atoms with Crippen LogP contribution in [-0.4, -0.2) is 23.5 Å². The Bertz CT molecular complexity index is 618. The summed E-state index contributed by atoms with van der Waals surface area (Å²) in [5.74, 6) is 0.188. The third-order valence-electron chi connectivity index (χ3n) is 3.35. The molecule has 1 aliphatic carbocycles. The molecule has 0 aromatic heterocycles. The summed E-state index contributed by atoms with van der Waals surface area (Å²) in [7, 11) is 0. The van der Waals surface area contributed by atoms with Crippen LogP contribution >= 0.6 is 0 Å². The van der Waals surface area contributed by atoms with E-state index in [0.717, 1.165) is 25.0 Å². The van der Waals surface area contributed by atoms with E-state index >= 15 is 0 Å². The Morgan fingerprint density at radius 3 is 2.95 bits per heavy atom. The smallest absolute Gasteiger partial charge is 0.235 e. The van der Waals surface area contributed by atoms with Crippen LogP contribution in [0.25, 0.3) is 0 Å². The number of carbonyl (C=O) groups excluding carboxylic acids is 1. The average Bonchev–Trinajstić information content (AvgIpc) is 2.88. The monoisotopic (exact) mass is 269 g/mol. The highest BCUT2D eigenvalue weighted by Gasteiger charge is 2.33. The highest BCUT2D eigenvalue weighted by atomic mass is 16.2.